The van der Waals surface area contributed by atoms with Gasteiger partial charge in [-0.1, -0.05) is 33.6 Å². The van der Waals surface area contributed by atoms with Gasteiger partial charge >= 0.3 is 0 Å². The first kappa shape index (κ1) is 13.5. The Bertz CT molecular complexity index is 49.5. The lowest BCUT2D eigenvalue weighted by atomic mass is 10.2. The molecule has 0 rings (SSSR count). The molecular weight excluding hydrogens is 136 g/mol. The fourth-order valence-electron chi connectivity index (χ4n) is 0.736. The molecule has 0 aromatic rings. The van der Waals surface area contributed by atoms with Crippen LogP contribution >= 0.6 is 0 Å². The van der Waals surface area contributed by atoms with E-state index in [2.05, 4.69) is 33.0 Å². The third kappa shape index (κ3) is 17.8. The van der Waals surface area contributed by atoms with E-state index in [-0.39, 0.29) is 0 Å². The minimum atomic E-state index is 0.588. The maximum absolute atomic E-state index is 5.25. The summed E-state index contributed by atoms with van der Waals surface area (Å²) in [4.78, 5) is 0. The van der Waals surface area contributed by atoms with Crippen LogP contribution in [0.15, 0.2) is 0 Å². The summed E-state index contributed by atoms with van der Waals surface area (Å²) in [6.07, 6.45) is 3.70. The second-order valence-electron chi connectivity index (χ2n) is 2.81. The third-order valence-corrected chi connectivity index (χ3v) is 1.19. The minimum absolute atomic E-state index is 0.588. The lowest BCUT2D eigenvalue weighted by Gasteiger charge is -2.08. The smallest absolute Gasteiger partial charge is 0.0430 e. The summed E-state index contributed by atoms with van der Waals surface area (Å²) in [5.74, 6) is 0. The molecule has 3 N–H and O–H groups in total. The Labute approximate surface area is 71.6 Å². The van der Waals surface area contributed by atoms with E-state index < -0.39 is 0 Å². The molecule has 2 heteroatoms. The lowest BCUT2D eigenvalue weighted by Crippen LogP contribution is -2.31. The predicted octanol–water partition coefficient (Wildman–Crippen LogP) is 2.10. The van der Waals surface area contributed by atoms with E-state index in [4.69, 9.17) is 5.73 Å². The fraction of sp³-hybridized carbons (Fsp3) is 1.00. The molecule has 0 aromatic carbocycles. The number of hydrogen-bond acceptors (Lipinski definition) is 2. The standard InChI is InChI=1S/C6H16N2.C3H8/c1-3-4-6(2)8-5-7;1-3-2/h6,8H,3-5,7H2,1-2H3;3H2,1-2H3. The van der Waals surface area contributed by atoms with Crippen molar-refractivity contribution >= 4 is 0 Å². The zero-order valence-corrected chi connectivity index (χ0v) is 8.48. The van der Waals surface area contributed by atoms with E-state index in [0.717, 1.165) is 0 Å². The van der Waals surface area contributed by atoms with E-state index in [0.29, 0.717) is 12.7 Å². The topological polar surface area (TPSA) is 38.0 Å². The van der Waals surface area contributed by atoms with Crippen molar-refractivity contribution < 1.29 is 0 Å². The van der Waals surface area contributed by atoms with Gasteiger partial charge in [-0.25, -0.2) is 0 Å². The molecule has 0 heterocycles. The van der Waals surface area contributed by atoms with Crippen LogP contribution < -0.4 is 11.1 Å². The van der Waals surface area contributed by atoms with Crippen molar-refractivity contribution in [3.8, 4) is 0 Å². The molecular formula is C9H24N2. The molecule has 0 saturated heterocycles. The van der Waals surface area contributed by atoms with Gasteiger partial charge in [-0.2, -0.15) is 0 Å². The zero-order chi connectivity index (χ0) is 9.11. The van der Waals surface area contributed by atoms with Crippen LogP contribution in [0.2, 0.25) is 0 Å². The van der Waals surface area contributed by atoms with Crippen molar-refractivity contribution in [1.82, 2.24) is 5.32 Å². The molecule has 0 aliphatic rings. The van der Waals surface area contributed by atoms with Gasteiger partial charge in [-0.3, -0.25) is 0 Å². The van der Waals surface area contributed by atoms with Gasteiger partial charge in [0.1, 0.15) is 0 Å². The average Bonchev–Trinajstić information content (AvgIpc) is 1.90. The molecule has 1 atom stereocenters. The van der Waals surface area contributed by atoms with Crippen molar-refractivity contribution in [3.63, 3.8) is 0 Å². The van der Waals surface area contributed by atoms with E-state index in [9.17, 15) is 0 Å². The summed E-state index contributed by atoms with van der Waals surface area (Å²) >= 11 is 0. The highest BCUT2D eigenvalue weighted by molar-refractivity contribution is 4.55. The molecule has 0 fully saturated rings. The Morgan fingerprint density at radius 2 is 1.73 bits per heavy atom. The molecule has 0 radical (unpaired) electrons. The molecule has 2 nitrogen and oxygen atoms in total. The van der Waals surface area contributed by atoms with Crippen LogP contribution in [0.1, 0.15) is 47.0 Å². The van der Waals surface area contributed by atoms with Crippen molar-refractivity contribution in [3.05, 3.63) is 0 Å². The Morgan fingerprint density at radius 1 is 1.27 bits per heavy atom. The number of nitrogens with one attached hydrogen (secondary N) is 1. The largest absolute Gasteiger partial charge is 0.318 e. The maximum atomic E-state index is 5.25. The summed E-state index contributed by atoms with van der Waals surface area (Å²) in [7, 11) is 0. The van der Waals surface area contributed by atoms with Gasteiger partial charge in [0.25, 0.3) is 0 Å². The monoisotopic (exact) mass is 160 g/mol. The number of nitrogens with two attached hydrogens (primary N) is 1. The molecule has 11 heavy (non-hydrogen) atoms. The van der Waals surface area contributed by atoms with E-state index in [1.165, 1.54) is 19.3 Å². The predicted molar refractivity (Wildman–Crippen MR) is 52.5 cm³/mol. The van der Waals surface area contributed by atoms with Gasteiger partial charge in [0.15, 0.2) is 0 Å². The highest BCUT2D eigenvalue weighted by Crippen LogP contribution is 1.92. The molecule has 0 spiro atoms. The molecule has 70 valence electrons. The van der Waals surface area contributed by atoms with Crippen molar-refractivity contribution in [2.75, 3.05) is 6.67 Å². The molecule has 0 aliphatic heterocycles. The summed E-state index contributed by atoms with van der Waals surface area (Å²) in [5.41, 5.74) is 5.25. The molecule has 0 aromatic heterocycles. The SMILES string of the molecule is CCC.CCCC(C)NCN. The van der Waals surface area contributed by atoms with Crippen LogP contribution in [0.5, 0.6) is 0 Å². The summed E-state index contributed by atoms with van der Waals surface area (Å²) in [5, 5.41) is 3.12. The first-order valence-electron chi connectivity index (χ1n) is 4.66. The lowest BCUT2D eigenvalue weighted by molar-refractivity contribution is 0.518. The van der Waals surface area contributed by atoms with Gasteiger partial charge in [-0.05, 0) is 13.3 Å². The van der Waals surface area contributed by atoms with Crippen LogP contribution in [0.3, 0.4) is 0 Å². The normalized spacial score (nSPS) is 11.7. The van der Waals surface area contributed by atoms with Gasteiger partial charge in [0.2, 0.25) is 0 Å². The van der Waals surface area contributed by atoms with Crippen LogP contribution in [-0.2, 0) is 0 Å². The van der Waals surface area contributed by atoms with Gasteiger partial charge < -0.3 is 11.1 Å². The van der Waals surface area contributed by atoms with E-state index in [1.807, 2.05) is 0 Å². The van der Waals surface area contributed by atoms with Crippen LogP contribution in [0.4, 0.5) is 0 Å². The van der Waals surface area contributed by atoms with Crippen molar-refractivity contribution in [2.24, 2.45) is 5.73 Å². The fourth-order valence-corrected chi connectivity index (χ4v) is 0.736. The van der Waals surface area contributed by atoms with Gasteiger partial charge in [0, 0.05) is 12.7 Å². The summed E-state index contributed by atoms with van der Waals surface area (Å²) in [6, 6.07) is 0.588. The molecule has 1 unspecified atom stereocenters. The Balaban J connectivity index is 0. The Kier molecular flexibility index (Phi) is 15.4. The van der Waals surface area contributed by atoms with Crippen LogP contribution in [0, 0.1) is 0 Å². The van der Waals surface area contributed by atoms with Gasteiger partial charge in [0.05, 0.1) is 0 Å². The van der Waals surface area contributed by atoms with Gasteiger partial charge in [-0.15, -0.1) is 0 Å². The van der Waals surface area contributed by atoms with E-state index in [1.54, 1.807) is 0 Å². The first-order chi connectivity index (χ1) is 5.22. The highest BCUT2D eigenvalue weighted by atomic mass is 15.0. The number of rotatable bonds is 4. The second kappa shape index (κ2) is 12.6. The van der Waals surface area contributed by atoms with Crippen LogP contribution in [0.25, 0.3) is 0 Å². The number of hydrogen-bond donors (Lipinski definition) is 2. The first-order valence-corrected chi connectivity index (χ1v) is 4.66. The molecule has 0 aliphatic carbocycles. The average molecular weight is 160 g/mol. The van der Waals surface area contributed by atoms with Crippen LogP contribution in [-0.4, -0.2) is 12.7 Å². The molecule has 0 amide bonds. The quantitative estimate of drug-likeness (QED) is 0.618. The van der Waals surface area contributed by atoms with E-state index >= 15 is 0 Å². The molecule has 0 bridgehead atoms. The minimum Gasteiger partial charge on any atom is -0.318 e. The van der Waals surface area contributed by atoms with Crippen molar-refractivity contribution in [2.45, 2.75) is 53.0 Å². The maximum Gasteiger partial charge on any atom is 0.0430 e. The third-order valence-electron chi connectivity index (χ3n) is 1.19. The summed E-state index contributed by atoms with van der Waals surface area (Å²) in [6.45, 7) is 9.17. The zero-order valence-electron chi connectivity index (χ0n) is 8.48. The second-order valence-corrected chi connectivity index (χ2v) is 2.81. The Hall–Kier alpha value is -0.0800. The molecule has 0 saturated carbocycles. The summed E-state index contributed by atoms with van der Waals surface area (Å²) < 4.78 is 0. The highest BCUT2D eigenvalue weighted by Gasteiger charge is 1.93. The van der Waals surface area contributed by atoms with Crippen molar-refractivity contribution in [1.29, 1.82) is 0 Å². The Morgan fingerprint density at radius 3 is 2.00 bits per heavy atom.